The van der Waals surface area contributed by atoms with Crippen molar-refractivity contribution in [1.29, 1.82) is 10.8 Å². The molecule has 5 nitrogen and oxygen atoms in total. The number of aliphatic hydroxyl groups is 1. The first-order valence-electron chi connectivity index (χ1n) is 5.04. The molecule has 1 aliphatic rings. The van der Waals surface area contributed by atoms with Crippen LogP contribution in [0.25, 0.3) is 0 Å². The van der Waals surface area contributed by atoms with Crippen LogP contribution in [0.15, 0.2) is 10.6 Å². The molecule has 0 spiro atoms. The van der Waals surface area contributed by atoms with E-state index < -0.39 is 6.10 Å². The molecule has 1 aromatic rings. The van der Waals surface area contributed by atoms with E-state index in [1.807, 2.05) is 0 Å². The van der Waals surface area contributed by atoms with Crippen molar-refractivity contribution in [1.82, 2.24) is 5.16 Å². The maximum Gasteiger partial charge on any atom is 0.171 e. The number of nitrogens with one attached hydrogen (secondary N) is 2. The second-order valence-corrected chi connectivity index (χ2v) is 5.08. The molecule has 1 heterocycles. The van der Waals surface area contributed by atoms with Gasteiger partial charge in [-0.1, -0.05) is 5.16 Å². The van der Waals surface area contributed by atoms with Crippen LogP contribution in [0.3, 0.4) is 0 Å². The predicted octanol–water partition coefficient (Wildman–Crippen LogP) is 2.09. The Hall–Kier alpha value is -0.760. The lowest BCUT2D eigenvalue weighted by Crippen LogP contribution is -2.15. The van der Waals surface area contributed by atoms with E-state index in [4.69, 9.17) is 15.3 Å². The fourth-order valence-corrected chi connectivity index (χ4v) is 1.73. The van der Waals surface area contributed by atoms with E-state index in [2.05, 4.69) is 5.16 Å². The zero-order valence-electron chi connectivity index (χ0n) is 8.53. The molecule has 1 aromatic heterocycles. The molecular formula is C10H12IN3O2. The first kappa shape index (κ1) is 11.7. The highest BCUT2D eigenvalue weighted by molar-refractivity contribution is 14.1. The highest BCUT2D eigenvalue weighted by Crippen LogP contribution is 2.32. The average Bonchev–Trinajstić information content (AvgIpc) is 2.92. The number of halogens is 1. The average molecular weight is 333 g/mol. The molecule has 1 unspecified atom stereocenters. The Labute approximate surface area is 106 Å². The summed E-state index contributed by atoms with van der Waals surface area (Å²) in [5, 5.41) is 28.3. The van der Waals surface area contributed by atoms with E-state index in [0.717, 1.165) is 12.1 Å². The van der Waals surface area contributed by atoms with Crippen LogP contribution in [0.2, 0.25) is 0 Å². The molecule has 0 saturated heterocycles. The normalized spacial score (nSPS) is 17.1. The molecule has 1 saturated carbocycles. The quantitative estimate of drug-likeness (QED) is 0.569. The van der Waals surface area contributed by atoms with E-state index in [-0.39, 0.29) is 15.2 Å². The minimum atomic E-state index is -1.18. The second kappa shape index (κ2) is 4.62. The van der Waals surface area contributed by atoms with Gasteiger partial charge in [0.05, 0.1) is 11.4 Å². The van der Waals surface area contributed by atoms with Gasteiger partial charge in [-0.2, -0.15) is 0 Å². The summed E-state index contributed by atoms with van der Waals surface area (Å²) in [6, 6.07) is 1.68. The monoisotopic (exact) mass is 333 g/mol. The lowest BCUT2D eigenvalue weighted by Gasteiger charge is -2.05. The first-order chi connectivity index (χ1) is 7.58. The summed E-state index contributed by atoms with van der Waals surface area (Å²) >= 11 is 1.68. The Bertz CT molecular complexity index is 425. The summed E-state index contributed by atoms with van der Waals surface area (Å²) in [6.45, 7) is 0. The highest BCUT2D eigenvalue weighted by Gasteiger charge is 2.25. The molecule has 1 atom stereocenters. The van der Waals surface area contributed by atoms with E-state index in [0.29, 0.717) is 5.92 Å². The SMILES string of the molecule is N=C(I)C(=N)C(O)c1cc(CC2CC2)no1. The Balaban J connectivity index is 2.05. The summed E-state index contributed by atoms with van der Waals surface area (Å²) < 4.78 is 4.99. The van der Waals surface area contributed by atoms with Crippen molar-refractivity contribution in [2.24, 2.45) is 5.92 Å². The van der Waals surface area contributed by atoms with Gasteiger partial charge in [0.2, 0.25) is 0 Å². The van der Waals surface area contributed by atoms with Crippen molar-refractivity contribution in [3.05, 3.63) is 17.5 Å². The predicted molar refractivity (Wildman–Crippen MR) is 67.4 cm³/mol. The standard InChI is InChI=1S/C10H12IN3O2/c11-10(13)8(12)9(15)7-4-6(14-16-7)3-5-1-2-5/h4-5,9,12-13,15H,1-3H2. The molecular weight excluding hydrogens is 321 g/mol. The molecule has 1 fully saturated rings. The largest absolute Gasteiger partial charge is 0.379 e. The topological polar surface area (TPSA) is 94.0 Å². The molecule has 1 aliphatic carbocycles. The van der Waals surface area contributed by atoms with Crippen molar-refractivity contribution in [2.45, 2.75) is 25.4 Å². The minimum absolute atomic E-state index is 0.00485. The Morgan fingerprint density at radius 3 is 2.88 bits per heavy atom. The van der Waals surface area contributed by atoms with Crippen LogP contribution in [0, 0.1) is 16.7 Å². The van der Waals surface area contributed by atoms with Crippen molar-refractivity contribution < 1.29 is 9.63 Å². The van der Waals surface area contributed by atoms with Gasteiger partial charge < -0.3 is 9.63 Å². The summed E-state index contributed by atoms with van der Waals surface area (Å²) in [5.74, 6) is 0.958. The van der Waals surface area contributed by atoms with Crippen molar-refractivity contribution >= 4 is 32.0 Å². The Morgan fingerprint density at radius 2 is 2.31 bits per heavy atom. The van der Waals surface area contributed by atoms with E-state index in [1.54, 1.807) is 28.7 Å². The molecule has 0 radical (unpaired) electrons. The number of aromatic nitrogens is 1. The van der Waals surface area contributed by atoms with Gasteiger partial charge in [0.25, 0.3) is 0 Å². The van der Waals surface area contributed by atoms with E-state index >= 15 is 0 Å². The highest BCUT2D eigenvalue weighted by atomic mass is 127. The van der Waals surface area contributed by atoms with Crippen LogP contribution >= 0.6 is 22.6 Å². The first-order valence-corrected chi connectivity index (χ1v) is 6.12. The minimum Gasteiger partial charge on any atom is -0.379 e. The lowest BCUT2D eigenvalue weighted by atomic mass is 10.1. The summed E-state index contributed by atoms with van der Waals surface area (Å²) in [6.07, 6.45) is 2.17. The molecule has 6 heteroatoms. The van der Waals surface area contributed by atoms with Gasteiger partial charge in [-0.15, -0.1) is 0 Å². The molecule has 2 rings (SSSR count). The van der Waals surface area contributed by atoms with Crippen LogP contribution in [0.5, 0.6) is 0 Å². The van der Waals surface area contributed by atoms with Gasteiger partial charge in [-0.3, -0.25) is 10.8 Å². The van der Waals surface area contributed by atoms with Crippen LogP contribution in [-0.4, -0.2) is 19.7 Å². The molecule has 0 aliphatic heterocycles. The van der Waals surface area contributed by atoms with E-state index in [1.165, 1.54) is 12.8 Å². The maximum atomic E-state index is 9.72. The van der Waals surface area contributed by atoms with Crippen LogP contribution in [0.1, 0.15) is 30.4 Å². The third-order valence-electron chi connectivity index (χ3n) is 2.55. The summed E-state index contributed by atoms with van der Waals surface area (Å²) in [5.41, 5.74) is 0.666. The third-order valence-corrected chi connectivity index (χ3v) is 3.13. The number of rotatable bonds is 5. The molecule has 16 heavy (non-hydrogen) atoms. The van der Waals surface area contributed by atoms with Crippen LogP contribution in [-0.2, 0) is 6.42 Å². The number of aliphatic hydroxyl groups excluding tert-OH is 1. The molecule has 3 N–H and O–H groups in total. The van der Waals surface area contributed by atoms with E-state index in [9.17, 15) is 5.11 Å². The summed E-state index contributed by atoms with van der Waals surface area (Å²) in [4.78, 5) is 0. The molecule has 0 bridgehead atoms. The maximum absolute atomic E-state index is 9.72. The van der Waals surface area contributed by atoms with Gasteiger partial charge >= 0.3 is 0 Å². The molecule has 86 valence electrons. The van der Waals surface area contributed by atoms with Gasteiger partial charge in [-0.25, -0.2) is 0 Å². The molecule has 0 aromatic carbocycles. The van der Waals surface area contributed by atoms with Crippen LogP contribution < -0.4 is 0 Å². The number of nitrogens with zero attached hydrogens (tertiary/aromatic N) is 1. The van der Waals surface area contributed by atoms with Crippen molar-refractivity contribution in [3.8, 4) is 0 Å². The van der Waals surface area contributed by atoms with Gasteiger partial charge in [0, 0.05) is 6.07 Å². The van der Waals surface area contributed by atoms with Gasteiger partial charge in [0.1, 0.15) is 3.72 Å². The lowest BCUT2D eigenvalue weighted by molar-refractivity contribution is 0.200. The van der Waals surface area contributed by atoms with Crippen molar-refractivity contribution in [3.63, 3.8) is 0 Å². The number of hydrogen-bond acceptors (Lipinski definition) is 5. The zero-order chi connectivity index (χ0) is 11.7. The van der Waals surface area contributed by atoms with Gasteiger partial charge in [-0.05, 0) is 47.8 Å². The molecule has 0 amide bonds. The second-order valence-electron chi connectivity index (χ2n) is 4.00. The fraction of sp³-hybridized carbons (Fsp3) is 0.500. The Kier molecular flexibility index (Phi) is 3.38. The third kappa shape index (κ3) is 2.67. The number of hydrogen-bond donors (Lipinski definition) is 3. The zero-order valence-corrected chi connectivity index (χ0v) is 10.7. The van der Waals surface area contributed by atoms with Crippen LogP contribution in [0.4, 0.5) is 0 Å². The summed E-state index contributed by atoms with van der Waals surface area (Å²) in [7, 11) is 0. The van der Waals surface area contributed by atoms with Crippen molar-refractivity contribution in [2.75, 3.05) is 0 Å². The van der Waals surface area contributed by atoms with Gasteiger partial charge in [0.15, 0.2) is 11.9 Å². The Morgan fingerprint density at radius 1 is 1.62 bits per heavy atom. The fourth-order valence-electron chi connectivity index (χ4n) is 1.43. The smallest absolute Gasteiger partial charge is 0.171 e.